The van der Waals surface area contributed by atoms with Gasteiger partial charge in [-0.2, -0.15) is 0 Å². The van der Waals surface area contributed by atoms with E-state index >= 15 is 0 Å². The first-order valence-electron chi connectivity index (χ1n) is 4.39. The van der Waals surface area contributed by atoms with Gasteiger partial charge in [0.25, 0.3) is 0 Å². The van der Waals surface area contributed by atoms with Crippen LogP contribution in [0.25, 0.3) is 0 Å². The summed E-state index contributed by atoms with van der Waals surface area (Å²) < 4.78 is 0. The summed E-state index contributed by atoms with van der Waals surface area (Å²) in [7, 11) is 0. The highest BCUT2D eigenvalue weighted by Crippen LogP contribution is 2.16. The number of nitrogens with zero attached hydrogens (tertiary/aromatic N) is 1. The van der Waals surface area contributed by atoms with E-state index in [-0.39, 0.29) is 5.91 Å². The molecule has 0 aliphatic carbocycles. The molecular weight excluding hydrogens is 152 g/mol. The van der Waals surface area contributed by atoms with Gasteiger partial charge < -0.3 is 5.73 Å². The topological polar surface area (TPSA) is 46.3 Å². The second-order valence-corrected chi connectivity index (χ2v) is 3.24. The fourth-order valence-electron chi connectivity index (χ4n) is 1.68. The van der Waals surface area contributed by atoms with Gasteiger partial charge in [-0.25, -0.2) is 0 Å². The second-order valence-electron chi connectivity index (χ2n) is 3.24. The molecule has 0 aromatic carbocycles. The summed E-state index contributed by atoms with van der Waals surface area (Å²) in [5.74, 6) is -0.247. The molecule has 1 atom stereocenters. The zero-order valence-corrected chi connectivity index (χ0v) is 7.33. The Morgan fingerprint density at radius 3 is 3.00 bits per heavy atom. The lowest BCUT2D eigenvalue weighted by Gasteiger charge is -2.32. The third-order valence-electron chi connectivity index (χ3n) is 2.30. The molecule has 0 aromatic heterocycles. The maximum atomic E-state index is 10.7. The van der Waals surface area contributed by atoms with E-state index in [9.17, 15) is 4.79 Å². The lowest BCUT2D eigenvalue weighted by atomic mass is 10.0. The zero-order chi connectivity index (χ0) is 8.97. The molecule has 0 radical (unpaired) electrons. The monoisotopic (exact) mass is 168 g/mol. The van der Waals surface area contributed by atoms with Crippen molar-refractivity contribution in [2.45, 2.75) is 25.3 Å². The van der Waals surface area contributed by atoms with Crippen LogP contribution >= 0.6 is 0 Å². The molecule has 1 aliphatic heterocycles. The molecule has 1 saturated heterocycles. The van der Waals surface area contributed by atoms with Gasteiger partial charge in [-0.3, -0.25) is 9.69 Å². The Hall–Kier alpha value is -0.830. The van der Waals surface area contributed by atoms with Crippen LogP contribution in [-0.4, -0.2) is 29.9 Å². The number of hydrogen-bond donors (Lipinski definition) is 1. The fraction of sp³-hybridized carbons (Fsp3) is 0.667. The lowest BCUT2D eigenvalue weighted by Crippen LogP contribution is -2.43. The molecule has 1 amide bonds. The van der Waals surface area contributed by atoms with Crippen molar-refractivity contribution in [3.8, 4) is 0 Å². The molecule has 2 N–H and O–H groups in total. The number of carbonyl (C=O) groups excluding carboxylic acids is 1. The van der Waals surface area contributed by atoms with Crippen LogP contribution in [0.3, 0.4) is 0 Å². The smallest absolute Gasteiger partial charge is 0.231 e. The quantitative estimate of drug-likeness (QED) is 0.624. The summed E-state index contributed by atoms with van der Waals surface area (Å²) >= 11 is 0. The highest BCUT2D eigenvalue weighted by molar-refractivity contribution is 5.76. The van der Waals surface area contributed by atoms with Gasteiger partial charge in [0, 0.05) is 6.04 Å². The number of piperidine rings is 1. The summed E-state index contributed by atoms with van der Waals surface area (Å²) in [5.41, 5.74) is 5.13. The van der Waals surface area contributed by atoms with Crippen LogP contribution in [0.2, 0.25) is 0 Å². The molecule has 0 bridgehead atoms. The van der Waals surface area contributed by atoms with Crippen molar-refractivity contribution < 1.29 is 4.79 Å². The number of amides is 1. The van der Waals surface area contributed by atoms with Gasteiger partial charge in [0.05, 0.1) is 6.54 Å². The maximum Gasteiger partial charge on any atom is 0.231 e. The third kappa shape index (κ3) is 2.34. The Labute approximate surface area is 73.2 Å². The molecule has 12 heavy (non-hydrogen) atoms. The highest BCUT2D eigenvalue weighted by Gasteiger charge is 2.20. The van der Waals surface area contributed by atoms with Crippen LogP contribution in [0.4, 0.5) is 0 Å². The first kappa shape index (κ1) is 9.26. The summed E-state index contributed by atoms with van der Waals surface area (Å²) in [5, 5.41) is 0. The number of rotatable bonds is 3. The minimum absolute atomic E-state index is 0.247. The van der Waals surface area contributed by atoms with Crippen LogP contribution in [0, 0.1) is 0 Å². The molecule has 0 spiro atoms. The lowest BCUT2D eigenvalue weighted by molar-refractivity contribution is -0.119. The molecule has 1 aliphatic rings. The Kier molecular flexibility index (Phi) is 3.29. The largest absolute Gasteiger partial charge is 0.369 e. The van der Waals surface area contributed by atoms with Crippen LogP contribution < -0.4 is 5.73 Å². The van der Waals surface area contributed by atoms with Gasteiger partial charge in [0.2, 0.25) is 5.91 Å². The molecule has 1 rings (SSSR count). The number of likely N-dealkylation sites (tertiary alicyclic amines) is 1. The van der Waals surface area contributed by atoms with E-state index in [2.05, 4.69) is 11.5 Å². The van der Waals surface area contributed by atoms with E-state index in [4.69, 9.17) is 5.73 Å². The Bertz CT molecular complexity index is 179. The van der Waals surface area contributed by atoms with Crippen LogP contribution in [0.1, 0.15) is 19.3 Å². The molecule has 3 nitrogen and oxygen atoms in total. The zero-order valence-electron chi connectivity index (χ0n) is 7.33. The molecule has 1 unspecified atom stereocenters. The van der Waals surface area contributed by atoms with Crippen LogP contribution in [0.5, 0.6) is 0 Å². The first-order valence-corrected chi connectivity index (χ1v) is 4.39. The number of carbonyl (C=O) groups is 1. The van der Waals surface area contributed by atoms with Crippen molar-refractivity contribution in [1.82, 2.24) is 4.90 Å². The minimum Gasteiger partial charge on any atom is -0.369 e. The van der Waals surface area contributed by atoms with E-state index in [1.54, 1.807) is 0 Å². The van der Waals surface area contributed by atoms with E-state index in [0.717, 1.165) is 19.4 Å². The molecule has 0 saturated carbocycles. The Morgan fingerprint density at radius 1 is 1.67 bits per heavy atom. The highest BCUT2D eigenvalue weighted by atomic mass is 16.1. The van der Waals surface area contributed by atoms with E-state index in [1.165, 1.54) is 6.42 Å². The van der Waals surface area contributed by atoms with Crippen molar-refractivity contribution in [3.05, 3.63) is 12.7 Å². The van der Waals surface area contributed by atoms with Crippen LogP contribution in [-0.2, 0) is 4.79 Å². The van der Waals surface area contributed by atoms with E-state index in [0.29, 0.717) is 12.6 Å². The van der Waals surface area contributed by atoms with Gasteiger partial charge in [-0.15, -0.1) is 6.58 Å². The van der Waals surface area contributed by atoms with Crippen molar-refractivity contribution >= 4 is 5.91 Å². The maximum absolute atomic E-state index is 10.7. The number of hydrogen-bond acceptors (Lipinski definition) is 2. The SMILES string of the molecule is C=CC1CCCCN1CC(N)=O. The Morgan fingerprint density at radius 2 is 2.42 bits per heavy atom. The average molecular weight is 168 g/mol. The minimum atomic E-state index is -0.247. The van der Waals surface area contributed by atoms with Crippen molar-refractivity contribution in [3.63, 3.8) is 0 Å². The summed E-state index contributed by atoms with van der Waals surface area (Å²) in [6, 6.07) is 0.353. The van der Waals surface area contributed by atoms with Gasteiger partial charge in [0.1, 0.15) is 0 Å². The van der Waals surface area contributed by atoms with Crippen molar-refractivity contribution in [2.75, 3.05) is 13.1 Å². The van der Waals surface area contributed by atoms with Crippen molar-refractivity contribution in [1.29, 1.82) is 0 Å². The van der Waals surface area contributed by atoms with E-state index < -0.39 is 0 Å². The molecule has 0 aromatic rings. The van der Waals surface area contributed by atoms with Gasteiger partial charge >= 0.3 is 0 Å². The third-order valence-corrected chi connectivity index (χ3v) is 2.30. The fourth-order valence-corrected chi connectivity index (χ4v) is 1.68. The Balaban J connectivity index is 2.46. The predicted molar refractivity (Wildman–Crippen MR) is 48.6 cm³/mol. The summed E-state index contributed by atoms with van der Waals surface area (Å²) in [6.45, 7) is 5.09. The standard InChI is InChI=1S/C9H16N2O/c1-2-8-5-3-4-6-11(8)7-9(10)12/h2,8H,1,3-7H2,(H2,10,12). The number of primary amides is 1. The average Bonchev–Trinajstić information content (AvgIpc) is 2.04. The van der Waals surface area contributed by atoms with E-state index in [1.807, 2.05) is 6.08 Å². The molecule has 68 valence electrons. The molecule has 1 heterocycles. The molecule has 3 heteroatoms. The van der Waals surface area contributed by atoms with Gasteiger partial charge in [0.15, 0.2) is 0 Å². The molecular formula is C9H16N2O. The first-order chi connectivity index (χ1) is 5.74. The summed E-state index contributed by atoms with van der Waals surface area (Å²) in [6.07, 6.45) is 5.41. The normalized spacial score (nSPS) is 25.2. The van der Waals surface area contributed by atoms with Crippen molar-refractivity contribution in [2.24, 2.45) is 5.73 Å². The van der Waals surface area contributed by atoms with Crippen LogP contribution in [0.15, 0.2) is 12.7 Å². The number of nitrogens with two attached hydrogens (primary N) is 1. The predicted octanol–water partition coefficient (Wildman–Crippen LogP) is 0.512. The second kappa shape index (κ2) is 4.26. The summed E-state index contributed by atoms with van der Waals surface area (Å²) in [4.78, 5) is 12.8. The van der Waals surface area contributed by atoms with Gasteiger partial charge in [-0.05, 0) is 19.4 Å². The molecule has 1 fully saturated rings. The van der Waals surface area contributed by atoms with Gasteiger partial charge in [-0.1, -0.05) is 12.5 Å².